The minimum Gasteiger partial charge on any atom is -0.369 e. The van der Waals surface area contributed by atoms with Gasteiger partial charge in [-0.2, -0.15) is 5.01 Å². The molecular formula is C22H28ClN3O2. The van der Waals surface area contributed by atoms with Crippen LogP contribution >= 0.6 is 11.6 Å². The molecule has 5 rings (SSSR count). The van der Waals surface area contributed by atoms with Crippen molar-refractivity contribution < 1.29 is 9.59 Å². The van der Waals surface area contributed by atoms with Crippen molar-refractivity contribution in [3.63, 3.8) is 0 Å². The zero-order valence-electron chi connectivity index (χ0n) is 16.5. The number of hydrogen-bond donors (Lipinski definition) is 1. The van der Waals surface area contributed by atoms with Crippen molar-refractivity contribution in [2.45, 2.75) is 64.1 Å². The van der Waals surface area contributed by atoms with E-state index in [-0.39, 0.29) is 23.3 Å². The molecule has 3 saturated carbocycles. The summed E-state index contributed by atoms with van der Waals surface area (Å²) in [5, 5.41) is 4.91. The summed E-state index contributed by atoms with van der Waals surface area (Å²) < 4.78 is 0. The zero-order valence-corrected chi connectivity index (χ0v) is 17.3. The van der Waals surface area contributed by atoms with Crippen LogP contribution in [0.2, 0.25) is 5.02 Å². The molecule has 4 aliphatic rings. The SMILES string of the molecule is CC1(C)C(=O)N(C2CCC3CC4(C(N)=O)CC2CC34)N1Cc1ccccc1Cl. The predicted octanol–water partition coefficient (Wildman–Crippen LogP) is 3.36. The zero-order chi connectivity index (χ0) is 19.8. The highest BCUT2D eigenvalue weighted by Gasteiger charge is 2.66. The summed E-state index contributed by atoms with van der Waals surface area (Å²) in [5.74, 6) is 1.45. The lowest BCUT2D eigenvalue weighted by Gasteiger charge is -2.60. The highest BCUT2D eigenvalue weighted by Crippen LogP contribution is 2.67. The number of primary amides is 1. The van der Waals surface area contributed by atoms with Gasteiger partial charge in [0.2, 0.25) is 5.91 Å². The molecule has 2 amide bonds. The fourth-order valence-electron chi connectivity index (χ4n) is 6.62. The second-order valence-corrected chi connectivity index (χ2v) is 10.2. The summed E-state index contributed by atoms with van der Waals surface area (Å²) in [7, 11) is 0. The molecule has 5 nitrogen and oxygen atoms in total. The van der Waals surface area contributed by atoms with Crippen LogP contribution in [0.1, 0.15) is 51.5 Å². The van der Waals surface area contributed by atoms with Crippen molar-refractivity contribution in [2.75, 3.05) is 0 Å². The predicted molar refractivity (Wildman–Crippen MR) is 107 cm³/mol. The van der Waals surface area contributed by atoms with Crippen LogP contribution < -0.4 is 5.73 Å². The summed E-state index contributed by atoms with van der Waals surface area (Å²) in [6.07, 6.45) is 4.94. The van der Waals surface area contributed by atoms with Crippen molar-refractivity contribution >= 4 is 23.4 Å². The molecule has 1 heterocycles. The topological polar surface area (TPSA) is 66.6 Å². The number of halogens is 1. The van der Waals surface area contributed by atoms with Gasteiger partial charge >= 0.3 is 0 Å². The summed E-state index contributed by atoms with van der Waals surface area (Å²) in [6.45, 7) is 4.59. The summed E-state index contributed by atoms with van der Waals surface area (Å²) >= 11 is 6.40. The van der Waals surface area contributed by atoms with E-state index in [4.69, 9.17) is 17.3 Å². The van der Waals surface area contributed by atoms with Crippen LogP contribution in [0.4, 0.5) is 0 Å². The van der Waals surface area contributed by atoms with Gasteiger partial charge < -0.3 is 5.73 Å². The Hall–Kier alpha value is -1.59. The number of nitrogens with two attached hydrogens (primary N) is 1. The maximum absolute atomic E-state index is 13.1. The van der Waals surface area contributed by atoms with Crippen molar-refractivity contribution in [1.29, 1.82) is 0 Å². The van der Waals surface area contributed by atoms with Crippen molar-refractivity contribution in [1.82, 2.24) is 10.0 Å². The lowest BCUT2D eigenvalue weighted by atomic mass is 9.53. The molecule has 2 N–H and O–H groups in total. The van der Waals surface area contributed by atoms with Gasteiger partial charge in [-0.1, -0.05) is 29.8 Å². The molecule has 28 heavy (non-hydrogen) atoms. The van der Waals surface area contributed by atoms with Crippen LogP contribution in [0.25, 0.3) is 0 Å². The molecule has 6 heteroatoms. The van der Waals surface area contributed by atoms with Gasteiger partial charge in [-0.05, 0) is 75.3 Å². The van der Waals surface area contributed by atoms with Gasteiger partial charge in [0.15, 0.2) is 0 Å². The van der Waals surface area contributed by atoms with E-state index in [0.717, 1.165) is 42.7 Å². The number of rotatable bonds is 4. The van der Waals surface area contributed by atoms with Gasteiger partial charge in [0, 0.05) is 11.6 Å². The summed E-state index contributed by atoms with van der Waals surface area (Å²) in [6, 6.07) is 7.99. The van der Waals surface area contributed by atoms with Gasteiger partial charge in [0.1, 0.15) is 5.54 Å². The van der Waals surface area contributed by atoms with E-state index in [1.54, 1.807) is 0 Å². The van der Waals surface area contributed by atoms with E-state index in [2.05, 4.69) is 5.01 Å². The van der Waals surface area contributed by atoms with E-state index in [9.17, 15) is 9.59 Å². The first-order valence-electron chi connectivity index (χ1n) is 10.4. The third-order valence-electron chi connectivity index (χ3n) is 8.19. The first-order valence-corrected chi connectivity index (χ1v) is 10.8. The minimum absolute atomic E-state index is 0.125. The molecule has 1 aliphatic heterocycles. The number of amides is 2. The van der Waals surface area contributed by atoms with Crippen LogP contribution in [-0.4, -0.2) is 33.4 Å². The summed E-state index contributed by atoms with van der Waals surface area (Å²) in [5.41, 5.74) is 6.01. The lowest BCUT2D eigenvalue weighted by molar-refractivity contribution is -0.235. The third-order valence-corrected chi connectivity index (χ3v) is 8.55. The molecule has 1 saturated heterocycles. The number of nitrogens with zero attached hydrogens (tertiary/aromatic N) is 2. The van der Waals surface area contributed by atoms with Crippen LogP contribution in [0.3, 0.4) is 0 Å². The Morgan fingerprint density at radius 3 is 2.64 bits per heavy atom. The Bertz CT molecular complexity index is 856. The highest BCUT2D eigenvalue weighted by atomic mass is 35.5. The average Bonchev–Trinajstić information content (AvgIpc) is 2.85. The van der Waals surface area contributed by atoms with Crippen molar-refractivity contribution in [3.05, 3.63) is 34.9 Å². The maximum atomic E-state index is 13.1. The Labute approximate surface area is 171 Å². The molecule has 0 aromatic heterocycles. The fourth-order valence-corrected chi connectivity index (χ4v) is 6.82. The molecule has 1 aromatic carbocycles. The summed E-state index contributed by atoms with van der Waals surface area (Å²) in [4.78, 5) is 25.3. The standard InChI is InChI=1S/C22H28ClN3O2/c1-21(2)20(28)26(25(21)12-14-5-3-4-6-17(14)23)18-8-7-13-10-22(19(24)27)11-15(18)9-16(13)22/h3-6,13,15-16,18H,7-12H2,1-2H3,(H2,24,27). The minimum atomic E-state index is -0.534. The molecule has 5 unspecified atom stereocenters. The fraction of sp³-hybridized carbons (Fsp3) is 0.636. The van der Waals surface area contributed by atoms with Crippen molar-refractivity contribution in [3.8, 4) is 0 Å². The average molecular weight is 402 g/mol. The normalized spacial score (nSPS) is 38.5. The Morgan fingerprint density at radius 1 is 1.21 bits per heavy atom. The molecule has 4 fully saturated rings. The Balaban J connectivity index is 1.42. The smallest absolute Gasteiger partial charge is 0.258 e. The first kappa shape index (κ1) is 18.4. The second-order valence-electron chi connectivity index (χ2n) is 9.79. The lowest BCUT2D eigenvalue weighted by Crippen LogP contribution is -2.77. The number of benzene rings is 1. The van der Waals surface area contributed by atoms with Crippen LogP contribution in [0.5, 0.6) is 0 Å². The number of hydrogen-bond acceptors (Lipinski definition) is 3. The second kappa shape index (κ2) is 5.96. The maximum Gasteiger partial charge on any atom is 0.258 e. The first-order chi connectivity index (χ1) is 13.3. The molecule has 0 spiro atoms. The van der Waals surface area contributed by atoms with Crippen LogP contribution in [0.15, 0.2) is 24.3 Å². The molecule has 3 aliphatic carbocycles. The quantitative estimate of drug-likeness (QED) is 0.841. The van der Waals surface area contributed by atoms with E-state index in [0.29, 0.717) is 24.3 Å². The number of fused-ring (bicyclic) bond motifs is 1. The van der Waals surface area contributed by atoms with Crippen LogP contribution in [-0.2, 0) is 16.1 Å². The van der Waals surface area contributed by atoms with E-state index >= 15 is 0 Å². The van der Waals surface area contributed by atoms with E-state index < -0.39 is 5.54 Å². The molecule has 150 valence electrons. The Kier molecular flexibility index (Phi) is 3.92. The molecule has 1 aromatic rings. The highest BCUT2D eigenvalue weighted by molar-refractivity contribution is 6.31. The largest absolute Gasteiger partial charge is 0.369 e. The van der Waals surface area contributed by atoms with Gasteiger partial charge in [-0.15, -0.1) is 0 Å². The van der Waals surface area contributed by atoms with Gasteiger partial charge in [0.25, 0.3) is 5.91 Å². The number of carbonyl (C=O) groups excluding carboxylic acids is 2. The molecule has 2 bridgehead atoms. The molecular weight excluding hydrogens is 374 g/mol. The Morgan fingerprint density at radius 2 is 1.93 bits per heavy atom. The number of carbonyl (C=O) groups is 2. The monoisotopic (exact) mass is 401 g/mol. The van der Waals surface area contributed by atoms with Crippen molar-refractivity contribution in [2.24, 2.45) is 28.9 Å². The van der Waals surface area contributed by atoms with Gasteiger partial charge in [0.05, 0.1) is 11.5 Å². The molecule has 5 atom stereocenters. The van der Waals surface area contributed by atoms with Crippen LogP contribution in [0, 0.1) is 23.2 Å². The van der Waals surface area contributed by atoms with E-state index in [1.165, 1.54) is 0 Å². The van der Waals surface area contributed by atoms with Gasteiger partial charge in [-0.3, -0.25) is 14.6 Å². The molecule has 0 radical (unpaired) electrons. The van der Waals surface area contributed by atoms with E-state index in [1.807, 2.05) is 43.1 Å². The third kappa shape index (κ3) is 2.29. The number of hydrazine groups is 1. The van der Waals surface area contributed by atoms with Gasteiger partial charge in [-0.25, -0.2) is 0 Å².